The molecule has 1 heteroatoms. The number of aryl methyl sites for hydroxylation is 2. The first-order valence-electron chi connectivity index (χ1n) is 9.48. The molecule has 25 heavy (non-hydrogen) atoms. The van der Waals surface area contributed by atoms with Gasteiger partial charge in [0.05, 0.1) is 6.04 Å². The highest BCUT2D eigenvalue weighted by atomic mass is 14.9. The maximum absolute atomic E-state index is 3.81. The van der Waals surface area contributed by atoms with Crippen molar-refractivity contribution in [3.8, 4) is 0 Å². The van der Waals surface area contributed by atoms with Crippen LogP contribution in [0.3, 0.4) is 0 Å². The standard InChI is InChI=1S/C24H29N/c1-5-18-14-19(6-2)16-21(15-18)24(25-17(3)4)23-13-9-11-20-10-7-8-12-22(20)23/h7-17,24-25H,5-6H2,1-4H3/t24-/m0/s1. The van der Waals surface area contributed by atoms with E-state index in [9.17, 15) is 0 Å². The van der Waals surface area contributed by atoms with Crippen LogP contribution >= 0.6 is 0 Å². The summed E-state index contributed by atoms with van der Waals surface area (Å²) >= 11 is 0. The molecule has 0 unspecified atom stereocenters. The van der Waals surface area contributed by atoms with E-state index in [2.05, 4.69) is 93.7 Å². The molecule has 1 N–H and O–H groups in total. The first-order valence-corrected chi connectivity index (χ1v) is 9.48. The Balaban J connectivity index is 2.18. The maximum Gasteiger partial charge on any atom is 0.0584 e. The third-order valence-electron chi connectivity index (χ3n) is 4.86. The third-order valence-corrected chi connectivity index (χ3v) is 4.86. The molecular weight excluding hydrogens is 302 g/mol. The average molecular weight is 332 g/mol. The predicted octanol–water partition coefficient (Wildman–Crippen LogP) is 6.05. The van der Waals surface area contributed by atoms with Gasteiger partial charge in [0, 0.05) is 6.04 Å². The van der Waals surface area contributed by atoms with E-state index >= 15 is 0 Å². The summed E-state index contributed by atoms with van der Waals surface area (Å²) < 4.78 is 0. The van der Waals surface area contributed by atoms with E-state index in [0.717, 1.165) is 12.8 Å². The topological polar surface area (TPSA) is 12.0 Å². The van der Waals surface area contributed by atoms with Gasteiger partial charge in [0.1, 0.15) is 0 Å². The number of hydrogen-bond donors (Lipinski definition) is 1. The molecule has 3 aromatic rings. The summed E-state index contributed by atoms with van der Waals surface area (Å²) in [6.45, 7) is 8.92. The Bertz CT molecular complexity index is 820. The van der Waals surface area contributed by atoms with E-state index < -0.39 is 0 Å². The zero-order valence-corrected chi connectivity index (χ0v) is 15.8. The van der Waals surface area contributed by atoms with E-state index in [1.165, 1.54) is 33.0 Å². The normalized spacial score (nSPS) is 12.7. The van der Waals surface area contributed by atoms with Crippen molar-refractivity contribution in [3.05, 3.63) is 82.9 Å². The summed E-state index contributed by atoms with van der Waals surface area (Å²) in [6, 6.07) is 23.1. The summed E-state index contributed by atoms with van der Waals surface area (Å²) in [4.78, 5) is 0. The Morgan fingerprint density at radius 3 is 2.08 bits per heavy atom. The lowest BCUT2D eigenvalue weighted by Crippen LogP contribution is -2.29. The van der Waals surface area contributed by atoms with Crippen LogP contribution in [-0.2, 0) is 12.8 Å². The summed E-state index contributed by atoms with van der Waals surface area (Å²) in [5, 5.41) is 6.45. The molecule has 3 aromatic carbocycles. The molecule has 0 amide bonds. The van der Waals surface area contributed by atoms with Crippen molar-refractivity contribution >= 4 is 10.8 Å². The molecule has 0 radical (unpaired) electrons. The zero-order valence-electron chi connectivity index (χ0n) is 15.8. The molecular formula is C24H29N. The highest BCUT2D eigenvalue weighted by Gasteiger charge is 2.18. The van der Waals surface area contributed by atoms with Gasteiger partial charge < -0.3 is 5.32 Å². The van der Waals surface area contributed by atoms with Crippen molar-refractivity contribution in [2.24, 2.45) is 0 Å². The molecule has 3 rings (SSSR count). The van der Waals surface area contributed by atoms with Gasteiger partial charge in [-0.05, 0) is 59.7 Å². The first-order chi connectivity index (χ1) is 12.1. The molecule has 0 fully saturated rings. The van der Waals surface area contributed by atoms with Gasteiger partial charge in [-0.15, -0.1) is 0 Å². The third kappa shape index (κ3) is 3.93. The van der Waals surface area contributed by atoms with Gasteiger partial charge in [0.15, 0.2) is 0 Å². The van der Waals surface area contributed by atoms with Gasteiger partial charge in [-0.25, -0.2) is 0 Å². The fraction of sp³-hybridized carbons (Fsp3) is 0.333. The smallest absolute Gasteiger partial charge is 0.0584 e. The number of hydrogen-bond acceptors (Lipinski definition) is 1. The summed E-state index contributed by atoms with van der Waals surface area (Å²) in [7, 11) is 0. The number of rotatable bonds is 6. The molecule has 0 aliphatic carbocycles. The van der Waals surface area contributed by atoms with Gasteiger partial charge in [-0.2, -0.15) is 0 Å². The SMILES string of the molecule is CCc1cc(CC)cc([C@H](NC(C)C)c2cccc3ccccc23)c1. The van der Waals surface area contributed by atoms with Crippen molar-refractivity contribution in [1.82, 2.24) is 5.32 Å². The zero-order chi connectivity index (χ0) is 17.8. The van der Waals surface area contributed by atoms with Crippen LogP contribution in [-0.4, -0.2) is 6.04 Å². The highest BCUT2D eigenvalue weighted by Crippen LogP contribution is 2.31. The summed E-state index contributed by atoms with van der Waals surface area (Å²) in [5.74, 6) is 0. The number of fused-ring (bicyclic) bond motifs is 1. The van der Waals surface area contributed by atoms with Crippen LogP contribution < -0.4 is 5.32 Å². The molecule has 0 saturated heterocycles. The largest absolute Gasteiger partial charge is 0.304 e. The summed E-state index contributed by atoms with van der Waals surface area (Å²) in [5.41, 5.74) is 5.58. The monoisotopic (exact) mass is 331 g/mol. The second-order valence-electron chi connectivity index (χ2n) is 7.11. The second kappa shape index (κ2) is 7.84. The lowest BCUT2D eigenvalue weighted by atomic mass is 9.90. The number of benzene rings is 3. The van der Waals surface area contributed by atoms with Crippen LogP contribution in [0.1, 0.15) is 56.0 Å². The van der Waals surface area contributed by atoms with E-state index in [0.29, 0.717) is 6.04 Å². The van der Waals surface area contributed by atoms with Gasteiger partial charge in [-0.1, -0.05) is 74.5 Å². The maximum atomic E-state index is 3.81. The summed E-state index contributed by atoms with van der Waals surface area (Å²) in [6.07, 6.45) is 2.15. The van der Waals surface area contributed by atoms with Crippen molar-refractivity contribution in [2.45, 2.75) is 52.6 Å². The Morgan fingerprint density at radius 2 is 1.44 bits per heavy atom. The van der Waals surface area contributed by atoms with Crippen molar-refractivity contribution in [2.75, 3.05) is 0 Å². The Hall–Kier alpha value is -2.12. The predicted molar refractivity (Wildman–Crippen MR) is 109 cm³/mol. The van der Waals surface area contributed by atoms with Crippen LogP contribution in [0.15, 0.2) is 60.7 Å². The molecule has 130 valence electrons. The highest BCUT2D eigenvalue weighted by molar-refractivity contribution is 5.86. The molecule has 0 aliphatic rings. The molecule has 0 aromatic heterocycles. The second-order valence-corrected chi connectivity index (χ2v) is 7.11. The van der Waals surface area contributed by atoms with E-state index in [4.69, 9.17) is 0 Å². The quantitative estimate of drug-likeness (QED) is 0.579. The molecule has 1 nitrogen and oxygen atoms in total. The Morgan fingerprint density at radius 1 is 0.800 bits per heavy atom. The van der Waals surface area contributed by atoms with Crippen LogP contribution in [0.25, 0.3) is 10.8 Å². The van der Waals surface area contributed by atoms with Crippen LogP contribution in [0.4, 0.5) is 0 Å². The van der Waals surface area contributed by atoms with E-state index in [-0.39, 0.29) is 6.04 Å². The van der Waals surface area contributed by atoms with Crippen molar-refractivity contribution in [1.29, 1.82) is 0 Å². The van der Waals surface area contributed by atoms with Gasteiger partial charge in [0.25, 0.3) is 0 Å². The van der Waals surface area contributed by atoms with E-state index in [1.807, 2.05) is 0 Å². The molecule has 1 atom stereocenters. The molecule has 0 saturated carbocycles. The van der Waals surface area contributed by atoms with Gasteiger partial charge >= 0.3 is 0 Å². The Kier molecular flexibility index (Phi) is 5.55. The fourth-order valence-electron chi connectivity index (χ4n) is 3.57. The number of nitrogens with one attached hydrogen (secondary N) is 1. The van der Waals surface area contributed by atoms with Crippen molar-refractivity contribution in [3.63, 3.8) is 0 Å². The van der Waals surface area contributed by atoms with Crippen LogP contribution in [0.2, 0.25) is 0 Å². The Labute approximate surface area is 152 Å². The minimum absolute atomic E-state index is 0.211. The van der Waals surface area contributed by atoms with Crippen LogP contribution in [0, 0.1) is 0 Å². The van der Waals surface area contributed by atoms with Crippen LogP contribution in [0.5, 0.6) is 0 Å². The minimum atomic E-state index is 0.211. The molecule has 0 spiro atoms. The first kappa shape index (κ1) is 17.7. The molecule has 0 aliphatic heterocycles. The lowest BCUT2D eigenvalue weighted by Gasteiger charge is -2.25. The lowest BCUT2D eigenvalue weighted by molar-refractivity contribution is 0.530. The van der Waals surface area contributed by atoms with Gasteiger partial charge in [-0.3, -0.25) is 0 Å². The molecule has 0 heterocycles. The van der Waals surface area contributed by atoms with Crippen molar-refractivity contribution < 1.29 is 0 Å². The molecule has 0 bridgehead atoms. The van der Waals surface area contributed by atoms with E-state index in [1.54, 1.807) is 0 Å². The average Bonchev–Trinajstić information content (AvgIpc) is 2.65. The minimum Gasteiger partial charge on any atom is -0.304 e. The fourth-order valence-corrected chi connectivity index (χ4v) is 3.57. The van der Waals surface area contributed by atoms with Gasteiger partial charge in [0.2, 0.25) is 0 Å².